The lowest BCUT2D eigenvalue weighted by atomic mass is 10.1. The van der Waals surface area contributed by atoms with E-state index in [9.17, 15) is 0 Å². The van der Waals surface area contributed by atoms with Gasteiger partial charge in [0.05, 0.1) is 17.8 Å². The standard InChI is InChI=1S/C20H17Cl2NO/c1-24-18-11-9-15(10-12-18)14-23(17-6-4-5-16(21)13-17)20-8-3-2-7-19(20)22/h2-13H,14H2,1H3. The van der Waals surface area contributed by atoms with Crippen LogP contribution in [0.4, 0.5) is 11.4 Å². The Morgan fingerprint density at radius 3 is 2.29 bits per heavy atom. The van der Waals surface area contributed by atoms with Gasteiger partial charge >= 0.3 is 0 Å². The first-order valence-corrected chi connectivity index (χ1v) is 8.33. The predicted molar refractivity (Wildman–Crippen MR) is 102 cm³/mol. The zero-order valence-electron chi connectivity index (χ0n) is 13.2. The largest absolute Gasteiger partial charge is 0.497 e. The lowest BCUT2D eigenvalue weighted by Gasteiger charge is -2.26. The van der Waals surface area contributed by atoms with E-state index in [0.29, 0.717) is 16.6 Å². The molecule has 0 aromatic heterocycles. The highest BCUT2D eigenvalue weighted by molar-refractivity contribution is 6.33. The van der Waals surface area contributed by atoms with Gasteiger partial charge in [0.15, 0.2) is 0 Å². The van der Waals surface area contributed by atoms with Gasteiger partial charge < -0.3 is 9.64 Å². The molecule has 0 saturated carbocycles. The van der Waals surface area contributed by atoms with Gasteiger partial charge in [-0.15, -0.1) is 0 Å². The summed E-state index contributed by atoms with van der Waals surface area (Å²) in [6.45, 7) is 0.675. The molecule has 0 spiro atoms. The van der Waals surface area contributed by atoms with Crippen molar-refractivity contribution >= 4 is 34.6 Å². The van der Waals surface area contributed by atoms with Gasteiger partial charge in [-0.25, -0.2) is 0 Å². The normalized spacial score (nSPS) is 10.5. The van der Waals surface area contributed by atoms with E-state index < -0.39 is 0 Å². The maximum Gasteiger partial charge on any atom is 0.118 e. The van der Waals surface area contributed by atoms with E-state index in [1.807, 2.05) is 72.8 Å². The molecule has 0 fully saturated rings. The molecule has 0 bridgehead atoms. The van der Waals surface area contributed by atoms with Crippen LogP contribution in [0.5, 0.6) is 5.75 Å². The number of ether oxygens (including phenoxy) is 1. The fraction of sp³-hybridized carbons (Fsp3) is 0.100. The average Bonchev–Trinajstić information content (AvgIpc) is 2.61. The monoisotopic (exact) mass is 357 g/mol. The van der Waals surface area contributed by atoms with Crippen LogP contribution in [0.15, 0.2) is 72.8 Å². The Hall–Kier alpha value is -2.16. The number of rotatable bonds is 5. The summed E-state index contributed by atoms with van der Waals surface area (Å²) in [6.07, 6.45) is 0. The van der Waals surface area contributed by atoms with Gasteiger partial charge in [0, 0.05) is 17.3 Å². The van der Waals surface area contributed by atoms with E-state index in [0.717, 1.165) is 22.7 Å². The van der Waals surface area contributed by atoms with Crippen LogP contribution in [0.3, 0.4) is 0 Å². The molecule has 0 aliphatic rings. The molecule has 0 aliphatic heterocycles. The third-order valence-corrected chi connectivity index (χ3v) is 4.32. The van der Waals surface area contributed by atoms with Crippen LogP contribution in [0, 0.1) is 0 Å². The minimum atomic E-state index is 0.675. The van der Waals surface area contributed by atoms with Crippen molar-refractivity contribution in [3.63, 3.8) is 0 Å². The van der Waals surface area contributed by atoms with E-state index in [4.69, 9.17) is 27.9 Å². The van der Waals surface area contributed by atoms with Crippen molar-refractivity contribution in [3.8, 4) is 5.75 Å². The molecule has 0 unspecified atom stereocenters. The van der Waals surface area contributed by atoms with Crippen molar-refractivity contribution in [2.24, 2.45) is 0 Å². The molecule has 0 atom stereocenters. The lowest BCUT2D eigenvalue weighted by molar-refractivity contribution is 0.414. The molecule has 0 N–H and O–H groups in total. The number of para-hydroxylation sites is 1. The number of hydrogen-bond acceptors (Lipinski definition) is 2. The first-order valence-electron chi connectivity index (χ1n) is 7.58. The quantitative estimate of drug-likeness (QED) is 0.528. The maximum atomic E-state index is 6.43. The van der Waals surface area contributed by atoms with Crippen molar-refractivity contribution in [2.75, 3.05) is 12.0 Å². The molecular formula is C20H17Cl2NO. The van der Waals surface area contributed by atoms with Crippen LogP contribution < -0.4 is 9.64 Å². The number of anilines is 2. The summed E-state index contributed by atoms with van der Waals surface area (Å²) in [5.41, 5.74) is 3.08. The number of halogens is 2. The molecule has 0 radical (unpaired) electrons. The smallest absolute Gasteiger partial charge is 0.118 e. The number of methoxy groups -OCH3 is 1. The molecule has 0 amide bonds. The number of nitrogens with zero attached hydrogens (tertiary/aromatic N) is 1. The van der Waals surface area contributed by atoms with Crippen LogP contribution in [-0.2, 0) is 6.54 Å². The van der Waals surface area contributed by atoms with Crippen LogP contribution >= 0.6 is 23.2 Å². The molecular weight excluding hydrogens is 341 g/mol. The van der Waals surface area contributed by atoms with Crippen molar-refractivity contribution in [2.45, 2.75) is 6.54 Å². The van der Waals surface area contributed by atoms with Gasteiger partial charge in [-0.3, -0.25) is 0 Å². The average molecular weight is 358 g/mol. The van der Waals surface area contributed by atoms with Crippen LogP contribution in [0.1, 0.15) is 5.56 Å². The molecule has 4 heteroatoms. The molecule has 0 aliphatic carbocycles. The minimum Gasteiger partial charge on any atom is -0.497 e. The molecule has 0 saturated heterocycles. The van der Waals surface area contributed by atoms with Crippen LogP contribution in [0.2, 0.25) is 10.0 Å². The molecule has 122 valence electrons. The van der Waals surface area contributed by atoms with Gasteiger partial charge in [-0.1, -0.05) is 53.5 Å². The minimum absolute atomic E-state index is 0.675. The Labute approximate surface area is 152 Å². The summed E-state index contributed by atoms with van der Waals surface area (Å²) >= 11 is 12.6. The van der Waals surface area contributed by atoms with Crippen LogP contribution in [-0.4, -0.2) is 7.11 Å². The number of hydrogen-bond donors (Lipinski definition) is 0. The number of benzene rings is 3. The fourth-order valence-electron chi connectivity index (χ4n) is 2.54. The second-order valence-electron chi connectivity index (χ2n) is 5.37. The highest BCUT2D eigenvalue weighted by atomic mass is 35.5. The Kier molecular flexibility index (Phi) is 5.29. The Bertz CT molecular complexity index is 818. The summed E-state index contributed by atoms with van der Waals surface area (Å²) < 4.78 is 5.23. The topological polar surface area (TPSA) is 12.5 Å². The molecule has 0 heterocycles. The second kappa shape index (κ2) is 7.61. The second-order valence-corrected chi connectivity index (χ2v) is 6.21. The molecule has 24 heavy (non-hydrogen) atoms. The third kappa shape index (κ3) is 3.84. The predicted octanol–water partition coefficient (Wildman–Crippen LogP) is 6.34. The van der Waals surface area contributed by atoms with Crippen molar-refractivity contribution in [1.82, 2.24) is 0 Å². The maximum absolute atomic E-state index is 6.43. The van der Waals surface area contributed by atoms with Crippen molar-refractivity contribution < 1.29 is 4.74 Å². The van der Waals surface area contributed by atoms with Gasteiger partial charge in [0.1, 0.15) is 5.75 Å². The fourth-order valence-corrected chi connectivity index (χ4v) is 2.97. The molecule has 2 nitrogen and oxygen atoms in total. The first kappa shape index (κ1) is 16.7. The van der Waals surface area contributed by atoms with E-state index in [1.165, 1.54) is 0 Å². The van der Waals surface area contributed by atoms with Crippen LogP contribution in [0.25, 0.3) is 0 Å². The first-order chi connectivity index (χ1) is 11.7. The zero-order valence-corrected chi connectivity index (χ0v) is 14.8. The Morgan fingerprint density at radius 1 is 0.875 bits per heavy atom. The van der Waals surface area contributed by atoms with Gasteiger partial charge in [-0.05, 0) is 48.0 Å². The Morgan fingerprint density at radius 2 is 1.62 bits per heavy atom. The lowest BCUT2D eigenvalue weighted by Crippen LogP contribution is -2.16. The summed E-state index contributed by atoms with van der Waals surface area (Å²) in [5, 5.41) is 1.39. The van der Waals surface area contributed by atoms with E-state index in [2.05, 4.69) is 4.90 Å². The molecule has 3 aromatic carbocycles. The zero-order chi connectivity index (χ0) is 16.9. The van der Waals surface area contributed by atoms with Crippen molar-refractivity contribution in [3.05, 3.63) is 88.4 Å². The molecule has 3 rings (SSSR count). The van der Waals surface area contributed by atoms with Gasteiger partial charge in [0.2, 0.25) is 0 Å². The molecule has 3 aromatic rings. The highest BCUT2D eigenvalue weighted by Crippen LogP contribution is 2.34. The third-order valence-electron chi connectivity index (χ3n) is 3.76. The SMILES string of the molecule is COc1ccc(CN(c2cccc(Cl)c2)c2ccccc2Cl)cc1. The van der Waals surface area contributed by atoms with Crippen molar-refractivity contribution in [1.29, 1.82) is 0 Å². The highest BCUT2D eigenvalue weighted by Gasteiger charge is 2.13. The summed E-state index contributed by atoms with van der Waals surface area (Å²) in [7, 11) is 1.66. The van der Waals surface area contributed by atoms with Gasteiger partial charge in [0.25, 0.3) is 0 Å². The van der Waals surface area contributed by atoms with E-state index in [-0.39, 0.29) is 0 Å². The Balaban J connectivity index is 2.00. The summed E-state index contributed by atoms with van der Waals surface area (Å²) in [5.74, 6) is 0.839. The van der Waals surface area contributed by atoms with E-state index >= 15 is 0 Å². The van der Waals surface area contributed by atoms with Gasteiger partial charge in [-0.2, -0.15) is 0 Å². The summed E-state index contributed by atoms with van der Waals surface area (Å²) in [4.78, 5) is 2.15. The summed E-state index contributed by atoms with van der Waals surface area (Å²) in [6, 6.07) is 23.6. The van der Waals surface area contributed by atoms with E-state index in [1.54, 1.807) is 7.11 Å².